The van der Waals surface area contributed by atoms with Crippen LogP contribution in [0.25, 0.3) is 0 Å². The predicted octanol–water partition coefficient (Wildman–Crippen LogP) is 3.28. The van der Waals surface area contributed by atoms with Gasteiger partial charge in [-0.2, -0.15) is 0 Å². The molecule has 0 fully saturated rings. The van der Waals surface area contributed by atoms with Gasteiger partial charge in [-0.15, -0.1) is 0 Å². The summed E-state index contributed by atoms with van der Waals surface area (Å²) in [5, 5.41) is 0. The molecule has 0 heterocycles. The minimum absolute atomic E-state index is 0.0551. The maximum absolute atomic E-state index is 12.2. The average molecular weight is 260 g/mol. The van der Waals surface area contributed by atoms with E-state index in [1.807, 2.05) is 38.1 Å². The van der Waals surface area contributed by atoms with Crippen molar-refractivity contribution in [1.82, 2.24) is 0 Å². The Hall–Kier alpha value is -1.61. The molecule has 0 saturated heterocycles. The fourth-order valence-electron chi connectivity index (χ4n) is 2.08. The number of benzene rings is 2. The molecule has 0 spiro atoms. The summed E-state index contributed by atoms with van der Waals surface area (Å²) >= 11 is 0. The highest BCUT2D eigenvalue weighted by Crippen LogP contribution is 2.18. The first kappa shape index (κ1) is 12.8. The van der Waals surface area contributed by atoms with Crippen LogP contribution >= 0.6 is 0 Å². The number of sulfone groups is 1. The molecule has 0 aliphatic heterocycles. The topological polar surface area (TPSA) is 34.1 Å². The SMILES string of the molecule is Cc1cc(C)cc(CS(=O)(=O)c2ccccc2)c1. The summed E-state index contributed by atoms with van der Waals surface area (Å²) < 4.78 is 24.4. The minimum Gasteiger partial charge on any atom is -0.223 e. The Labute approximate surface area is 108 Å². The monoisotopic (exact) mass is 260 g/mol. The molecule has 2 rings (SSSR count). The Kier molecular flexibility index (Phi) is 3.53. The van der Waals surface area contributed by atoms with E-state index in [9.17, 15) is 8.42 Å². The third-order valence-electron chi connectivity index (χ3n) is 2.74. The Morgan fingerprint density at radius 2 is 1.44 bits per heavy atom. The zero-order valence-electron chi connectivity index (χ0n) is 10.6. The van der Waals surface area contributed by atoms with E-state index in [-0.39, 0.29) is 5.75 Å². The molecule has 0 bridgehead atoms. The first-order chi connectivity index (χ1) is 8.47. The first-order valence-electron chi connectivity index (χ1n) is 5.82. The summed E-state index contributed by atoms with van der Waals surface area (Å²) in [5.41, 5.74) is 3.03. The van der Waals surface area contributed by atoms with Gasteiger partial charge in [0.1, 0.15) is 0 Å². The van der Waals surface area contributed by atoms with Gasteiger partial charge in [-0.05, 0) is 31.5 Å². The van der Waals surface area contributed by atoms with Crippen LogP contribution in [0.4, 0.5) is 0 Å². The number of hydrogen-bond donors (Lipinski definition) is 0. The van der Waals surface area contributed by atoms with Crippen molar-refractivity contribution in [2.75, 3.05) is 0 Å². The van der Waals surface area contributed by atoms with Gasteiger partial charge in [-0.25, -0.2) is 8.42 Å². The van der Waals surface area contributed by atoms with Crippen LogP contribution in [0.2, 0.25) is 0 Å². The van der Waals surface area contributed by atoms with Crippen LogP contribution in [0.5, 0.6) is 0 Å². The third kappa shape index (κ3) is 2.99. The maximum atomic E-state index is 12.2. The van der Waals surface area contributed by atoms with Crippen molar-refractivity contribution in [3.63, 3.8) is 0 Å². The molecule has 3 heteroatoms. The number of aryl methyl sites for hydroxylation is 2. The Bertz CT molecular complexity index is 623. The van der Waals surface area contributed by atoms with Gasteiger partial charge in [0.15, 0.2) is 9.84 Å². The van der Waals surface area contributed by atoms with Gasteiger partial charge in [0.05, 0.1) is 10.6 Å². The molecule has 2 nitrogen and oxygen atoms in total. The lowest BCUT2D eigenvalue weighted by Gasteiger charge is -2.06. The van der Waals surface area contributed by atoms with Gasteiger partial charge >= 0.3 is 0 Å². The van der Waals surface area contributed by atoms with E-state index in [4.69, 9.17) is 0 Å². The van der Waals surface area contributed by atoms with Gasteiger partial charge in [-0.1, -0.05) is 47.5 Å². The highest BCUT2D eigenvalue weighted by molar-refractivity contribution is 7.90. The summed E-state index contributed by atoms with van der Waals surface area (Å²) in [6.45, 7) is 3.96. The van der Waals surface area contributed by atoms with Crippen LogP contribution < -0.4 is 0 Å². The van der Waals surface area contributed by atoms with Crippen molar-refractivity contribution in [2.45, 2.75) is 24.5 Å². The van der Waals surface area contributed by atoms with Gasteiger partial charge in [-0.3, -0.25) is 0 Å². The van der Waals surface area contributed by atoms with Crippen LogP contribution in [0.15, 0.2) is 53.4 Å². The molecule has 2 aromatic carbocycles. The minimum atomic E-state index is -3.25. The van der Waals surface area contributed by atoms with Crippen molar-refractivity contribution in [1.29, 1.82) is 0 Å². The molecule has 0 aromatic heterocycles. The van der Waals surface area contributed by atoms with Crippen LogP contribution in [-0.2, 0) is 15.6 Å². The maximum Gasteiger partial charge on any atom is 0.182 e. The highest BCUT2D eigenvalue weighted by atomic mass is 32.2. The fourth-order valence-corrected chi connectivity index (χ4v) is 3.43. The zero-order chi connectivity index (χ0) is 13.2. The van der Waals surface area contributed by atoms with Gasteiger partial charge in [0, 0.05) is 0 Å². The van der Waals surface area contributed by atoms with Gasteiger partial charge in [0.25, 0.3) is 0 Å². The lowest BCUT2D eigenvalue weighted by atomic mass is 10.1. The molecule has 0 N–H and O–H groups in total. The summed E-state index contributed by atoms with van der Waals surface area (Å²) in [7, 11) is -3.25. The lowest BCUT2D eigenvalue weighted by Crippen LogP contribution is -2.05. The molecular formula is C15H16O2S. The van der Waals surface area contributed by atoms with E-state index in [0.29, 0.717) is 4.90 Å². The zero-order valence-corrected chi connectivity index (χ0v) is 11.4. The van der Waals surface area contributed by atoms with Gasteiger partial charge in [0.2, 0.25) is 0 Å². The van der Waals surface area contributed by atoms with E-state index >= 15 is 0 Å². The van der Waals surface area contributed by atoms with Gasteiger partial charge < -0.3 is 0 Å². The van der Waals surface area contributed by atoms with Crippen LogP contribution in [0, 0.1) is 13.8 Å². The standard InChI is InChI=1S/C15H16O2S/c1-12-8-13(2)10-14(9-12)11-18(16,17)15-6-4-3-5-7-15/h3-10H,11H2,1-2H3. The predicted molar refractivity (Wildman–Crippen MR) is 73.2 cm³/mol. The normalized spacial score (nSPS) is 11.4. The molecule has 0 saturated carbocycles. The van der Waals surface area contributed by atoms with Crippen LogP contribution in [0.3, 0.4) is 0 Å². The summed E-state index contributed by atoms with van der Waals surface area (Å²) in [6.07, 6.45) is 0. The van der Waals surface area contributed by atoms with E-state index in [0.717, 1.165) is 16.7 Å². The molecule has 0 atom stereocenters. The van der Waals surface area contributed by atoms with E-state index in [1.54, 1.807) is 24.3 Å². The van der Waals surface area contributed by atoms with Crippen LogP contribution in [-0.4, -0.2) is 8.42 Å². The Balaban J connectivity index is 2.34. The molecular weight excluding hydrogens is 244 g/mol. The highest BCUT2D eigenvalue weighted by Gasteiger charge is 2.14. The molecule has 0 aliphatic carbocycles. The molecule has 2 aromatic rings. The molecule has 0 aliphatic rings. The average Bonchev–Trinajstić information content (AvgIpc) is 2.28. The van der Waals surface area contributed by atoms with Crippen molar-refractivity contribution in [3.05, 3.63) is 65.2 Å². The molecule has 0 amide bonds. The first-order valence-corrected chi connectivity index (χ1v) is 7.47. The number of hydrogen-bond acceptors (Lipinski definition) is 2. The third-order valence-corrected chi connectivity index (χ3v) is 4.44. The molecule has 18 heavy (non-hydrogen) atoms. The van der Waals surface area contributed by atoms with E-state index in [1.165, 1.54) is 0 Å². The molecule has 94 valence electrons. The second-order valence-corrected chi connectivity index (χ2v) is 6.56. The summed E-state index contributed by atoms with van der Waals surface area (Å²) in [4.78, 5) is 0.379. The van der Waals surface area contributed by atoms with Crippen molar-refractivity contribution in [3.8, 4) is 0 Å². The van der Waals surface area contributed by atoms with E-state index in [2.05, 4.69) is 0 Å². The smallest absolute Gasteiger partial charge is 0.182 e. The summed E-state index contributed by atoms with van der Waals surface area (Å²) in [6, 6.07) is 14.5. The van der Waals surface area contributed by atoms with Crippen molar-refractivity contribution in [2.24, 2.45) is 0 Å². The Morgan fingerprint density at radius 1 is 0.889 bits per heavy atom. The van der Waals surface area contributed by atoms with Crippen molar-refractivity contribution >= 4 is 9.84 Å². The van der Waals surface area contributed by atoms with Crippen LogP contribution in [0.1, 0.15) is 16.7 Å². The van der Waals surface area contributed by atoms with E-state index < -0.39 is 9.84 Å². The lowest BCUT2D eigenvalue weighted by molar-refractivity contribution is 0.595. The second-order valence-electron chi connectivity index (χ2n) is 4.57. The molecule has 0 radical (unpaired) electrons. The second kappa shape index (κ2) is 4.94. The summed E-state index contributed by atoms with van der Waals surface area (Å²) in [5.74, 6) is 0.0551. The number of rotatable bonds is 3. The largest absolute Gasteiger partial charge is 0.223 e. The fraction of sp³-hybridized carbons (Fsp3) is 0.200. The quantitative estimate of drug-likeness (QED) is 0.848. The Morgan fingerprint density at radius 3 is 2.00 bits per heavy atom. The molecule has 0 unspecified atom stereocenters. The van der Waals surface area contributed by atoms with Crippen molar-refractivity contribution < 1.29 is 8.42 Å².